The molecule has 6 nitrogen and oxygen atoms in total. The Balaban J connectivity index is 2.24. The van der Waals surface area contributed by atoms with Gasteiger partial charge in [0.25, 0.3) is 0 Å². The molecule has 25 heavy (non-hydrogen) atoms. The smallest absolute Gasteiger partial charge is 0.155 e. The molecule has 0 aliphatic heterocycles. The molecule has 0 saturated carbocycles. The first-order valence-electron chi connectivity index (χ1n) is 8.48. The van der Waals surface area contributed by atoms with E-state index in [1.807, 2.05) is 26.0 Å². The number of hydrogen-bond acceptors (Lipinski definition) is 5. The third kappa shape index (κ3) is 3.05. The minimum atomic E-state index is 0.143. The van der Waals surface area contributed by atoms with E-state index in [2.05, 4.69) is 46.6 Å². The lowest BCUT2D eigenvalue weighted by Gasteiger charge is -2.22. The number of fused-ring (bicyclic) bond motifs is 1. The number of methoxy groups -OCH3 is 1. The molecular weight excluding hydrogens is 314 g/mol. The number of hydrazine groups is 1. The fourth-order valence-electron chi connectivity index (χ4n) is 2.98. The largest absolute Gasteiger partial charge is 0.497 e. The third-order valence-corrected chi connectivity index (χ3v) is 4.31. The van der Waals surface area contributed by atoms with Gasteiger partial charge in [-0.2, -0.15) is 0 Å². The van der Waals surface area contributed by atoms with E-state index in [1.54, 1.807) is 18.4 Å². The highest BCUT2D eigenvalue weighted by Gasteiger charge is 2.20. The Bertz CT molecular complexity index is 867. The van der Waals surface area contributed by atoms with Crippen LogP contribution in [0, 0.1) is 0 Å². The molecule has 0 saturated heterocycles. The van der Waals surface area contributed by atoms with Crippen LogP contribution < -0.4 is 15.6 Å². The number of nitrogens with two attached hydrogens (primary N) is 1. The molecule has 0 unspecified atom stereocenters. The second-order valence-corrected chi connectivity index (χ2v) is 6.66. The summed E-state index contributed by atoms with van der Waals surface area (Å²) in [6, 6.07) is 10.6. The van der Waals surface area contributed by atoms with Gasteiger partial charge >= 0.3 is 0 Å². The molecule has 0 aliphatic rings. The summed E-state index contributed by atoms with van der Waals surface area (Å²) in [5.41, 5.74) is 3.08. The van der Waals surface area contributed by atoms with Crippen molar-refractivity contribution in [3.63, 3.8) is 0 Å². The van der Waals surface area contributed by atoms with Crippen molar-refractivity contribution in [3.8, 4) is 17.0 Å². The van der Waals surface area contributed by atoms with Gasteiger partial charge in [-0.1, -0.05) is 0 Å². The van der Waals surface area contributed by atoms with E-state index in [9.17, 15) is 0 Å². The standard InChI is InChI=1S/C19H25N5O/c1-12(2)23-17(14-6-8-15(25-5)9-7-14)10-16-18(23)21-11-22-19(16)24(20)13(3)4/h6-13H,20H2,1-5H3. The van der Waals surface area contributed by atoms with Crippen LogP contribution in [0.25, 0.3) is 22.3 Å². The lowest BCUT2D eigenvalue weighted by atomic mass is 10.1. The molecule has 0 atom stereocenters. The first-order valence-corrected chi connectivity index (χ1v) is 8.48. The fourth-order valence-corrected chi connectivity index (χ4v) is 2.98. The predicted molar refractivity (Wildman–Crippen MR) is 102 cm³/mol. The average molecular weight is 339 g/mol. The lowest BCUT2D eigenvalue weighted by Crippen LogP contribution is -2.38. The SMILES string of the molecule is COc1ccc(-c2cc3c(N(N)C(C)C)ncnc3n2C(C)C)cc1. The molecule has 0 radical (unpaired) electrons. The summed E-state index contributed by atoms with van der Waals surface area (Å²) in [5.74, 6) is 7.82. The van der Waals surface area contributed by atoms with Crippen molar-refractivity contribution in [3.05, 3.63) is 36.7 Å². The summed E-state index contributed by atoms with van der Waals surface area (Å²) in [5, 5.41) is 2.64. The number of benzene rings is 1. The molecule has 3 rings (SSSR count). The molecule has 0 amide bonds. The Morgan fingerprint density at radius 1 is 1.08 bits per heavy atom. The monoisotopic (exact) mass is 339 g/mol. The normalized spacial score (nSPS) is 11.5. The van der Waals surface area contributed by atoms with Crippen molar-refractivity contribution >= 4 is 16.9 Å². The Labute approximate surface area is 148 Å². The van der Waals surface area contributed by atoms with Crippen molar-refractivity contribution in [1.29, 1.82) is 0 Å². The first kappa shape index (κ1) is 17.2. The van der Waals surface area contributed by atoms with Crippen LogP contribution in [0.15, 0.2) is 36.7 Å². The van der Waals surface area contributed by atoms with Crippen molar-refractivity contribution in [2.24, 2.45) is 5.84 Å². The zero-order chi connectivity index (χ0) is 18.1. The number of anilines is 1. The van der Waals surface area contributed by atoms with E-state index in [0.717, 1.165) is 33.9 Å². The molecular formula is C19H25N5O. The topological polar surface area (TPSA) is 69.2 Å². The maximum absolute atomic E-state index is 6.23. The molecule has 0 aliphatic carbocycles. The highest BCUT2D eigenvalue weighted by Crippen LogP contribution is 2.34. The molecule has 1 aromatic carbocycles. The maximum atomic E-state index is 6.23. The van der Waals surface area contributed by atoms with Crippen LogP contribution in [0.1, 0.15) is 33.7 Å². The summed E-state index contributed by atoms with van der Waals surface area (Å²) in [7, 11) is 1.67. The highest BCUT2D eigenvalue weighted by molar-refractivity contribution is 5.92. The summed E-state index contributed by atoms with van der Waals surface area (Å²) in [4.78, 5) is 8.95. The molecule has 2 N–H and O–H groups in total. The van der Waals surface area contributed by atoms with E-state index in [4.69, 9.17) is 10.6 Å². The van der Waals surface area contributed by atoms with Crippen molar-refractivity contribution in [2.75, 3.05) is 12.1 Å². The Morgan fingerprint density at radius 3 is 2.32 bits per heavy atom. The minimum absolute atomic E-state index is 0.143. The van der Waals surface area contributed by atoms with Gasteiger partial charge in [-0.3, -0.25) is 5.01 Å². The van der Waals surface area contributed by atoms with Crippen LogP contribution in [0.3, 0.4) is 0 Å². The molecule has 0 fully saturated rings. The maximum Gasteiger partial charge on any atom is 0.155 e. The van der Waals surface area contributed by atoms with Gasteiger partial charge in [0.1, 0.15) is 17.7 Å². The van der Waals surface area contributed by atoms with Gasteiger partial charge in [-0.05, 0) is 63.6 Å². The average Bonchev–Trinajstić information content (AvgIpc) is 3.00. The van der Waals surface area contributed by atoms with Crippen LogP contribution in [-0.2, 0) is 0 Å². The van der Waals surface area contributed by atoms with Gasteiger partial charge in [0.05, 0.1) is 18.2 Å². The zero-order valence-electron chi connectivity index (χ0n) is 15.4. The van der Waals surface area contributed by atoms with E-state index in [-0.39, 0.29) is 12.1 Å². The van der Waals surface area contributed by atoms with Crippen LogP contribution in [0.2, 0.25) is 0 Å². The van der Waals surface area contributed by atoms with E-state index in [1.165, 1.54) is 0 Å². The molecule has 6 heteroatoms. The van der Waals surface area contributed by atoms with Crippen LogP contribution in [-0.4, -0.2) is 27.7 Å². The summed E-state index contributed by atoms with van der Waals surface area (Å²) >= 11 is 0. The van der Waals surface area contributed by atoms with Gasteiger partial charge in [0.2, 0.25) is 0 Å². The Hall–Kier alpha value is -2.60. The highest BCUT2D eigenvalue weighted by atomic mass is 16.5. The first-order chi connectivity index (χ1) is 11.9. The molecule has 0 bridgehead atoms. The van der Waals surface area contributed by atoms with Crippen molar-refractivity contribution < 1.29 is 4.74 Å². The molecule has 2 heterocycles. The van der Waals surface area contributed by atoms with Gasteiger partial charge in [-0.15, -0.1) is 0 Å². The van der Waals surface area contributed by atoms with Gasteiger partial charge in [0.15, 0.2) is 5.82 Å². The summed E-state index contributed by atoms with van der Waals surface area (Å²) in [6.07, 6.45) is 1.58. The number of rotatable bonds is 5. The van der Waals surface area contributed by atoms with Crippen molar-refractivity contribution in [2.45, 2.75) is 39.8 Å². The van der Waals surface area contributed by atoms with E-state index < -0.39 is 0 Å². The van der Waals surface area contributed by atoms with E-state index >= 15 is 0 Å². The van der Waals surface area contributed by atoms with Gasteiger partial charge in [0, 0.05) is 12.1 Å². The molecule has 132 valence electrons. The van der Waals surface area contributed by atoms with Gasteiger partial charge in [-0.25, -0.2) is 15.8 Å². The lowest BCUT2D eigenvalue weighted by molar-refractivity contribution is 0.415. The quantitative estimate of drug-likeness (QED) is 0.566. The third-order valence-electron chi connectivity index (χ3n) is 4.31. The van der Waals surface area contributed by atoms with E-state index in [0.29, 0.717) is 0 Å². The van der Waals surface area contributed by atoms with Crippen LogP contribution in [0.5, 0.6) is 5.75 Å². The number of aromatic nitrogens is 3. The van der Waals surface area contributed by atoms with Crippen LogP contribution >= 0.6 is 0 Å². The Kier molecular flexibility index (Phi) is 4.63. The summed E-state index contributed by atoms with van der Waals surface area (Å²) < 4.78 is 7.48. The molecule has 2 aromatic heterocycles. The zero-order valence-corrected chi connectivity index (χ0v) is 15.4. The predicted octanol–water partition coefficient (Wildman–Crippen LogP) is 3.78. The number of ether oxygens (including phenoxy) is 1. The minimum Gasteiger partial charge on any atom is -0.497 e. The fraction of sp³-hybridized carbons (Fsp3) is 0.368. The molecule has 3 aromatic rings. The second kappa shape index (κ2) is 6.72. The van der Waals surface area contributed by atoms with Gasteiger partial charge < -0.3 is 9.30 Å². The number of nitrogens with zero attached hydrogens (tertiary/aromatic N) is 4. The Morgan fingerprint density at radius 2 is 1.76 bits per heavy atom. The number of hydrogen-bond donors (Lipinski definition) is 1. The second-order valence-electron chi connectivity index (χ2n) is 6.66. The van der Waals surface area contributed by atoms with Crippen molar-refractivity contribution in [1.82, 2.24) is 14.5 Å². The van der Waals surface area contributed by atoms with Crippen LogP contribution in [0.4, 0.5) is 5.82 Å². The molecule has 0 spiro atoms. The summed E-state index contributed by atoms with van der Waals surface area (Å²) in [6.45, 7) is 8.38.